The minimum absolute atomic E-state index is 0.0652. The first kappa shape index (κ1) is 21.5. The van der Waals surface area contributed by atoms with E-state index in [-0.39, 0.29) is 12.8 Å². The molecule has 7 heteroatoms. The topological polar surface area (TPSA) is 75.6 Å². The zero-order valence-corrected chi connectivity index (χ0v) is 16.9. The van der Waals surface area contributed by atoms with Crippen LogP contribution in [0.1, 0.15) is 39.2 Å². The van der Waals surface area contributed by atoms with E-state index in [1.807, 2.05) is 12.1 Å². The number of nitrogens with one attached hydrogen (secondary N) is 1. The van der Waals surface area contributed by atoms with Gasteiger partial charge in [0.1, 0.15) is 11.1 Å². The molecule has 0 aliphatic heterocycles. The molecular weight excluding hydrogens is 410 g/mol. The molecule has 0 aliphatic carbocycles. The van der Waals surface area contributed by atoms with Gasteiger partial charge in [-0.05, 0) is 57.7 Å². The molecule has 0 fully saturated rings. The van der Waals surface area contributed by atoms with Gasteiger partial charge in [0.2, 0.25) is 0 Å². The first-order valence-electron chi connectivity index (χ1n) is 7.78. The predicted octanol–water partition coefficient (Wildman–Crippen LogP) is 4.96. The Hall–Kier alpha value is -1.53. The number of hydrogen-bond donors (Lipinski definition) is 2. The maximum Gasteiger partial charge on any atom is 0.408 e. The lowest BCUT2D eigenvalue weighted by Gasteiger charge is -2.31. The Kier molecular flexibility index (Phi) is 7.50. The minimum atomic E-state index is -1.51. The number of benzene rings is 1. The molecule has 0 bridgehead atoms. The average Bonchev–Trinajstić information content (AvgIpc) is 2.43. The van der Waals surface area contributed by atoms with Crippen molar-refractivity contribution in [1.82, 2.24) is 5.32 Å². The van der Waals surface area contributed by atoms with Crippen molar-refractivity contribution >= 4 is 39.6 Å². The lowest BCUT2D eigenvalue weighted by atomic mass is 9.88. The summed E-state index contributed by atoms with van der Waals surface area (Å²) in [5.41, 5.74) is -1.44. The van der Waals surface area contributed by atoms with E-state index in [4.69, 9.17) is 16.3 Å². The van der Waals surface area contributed by atoms with Gasteiger partial charge < -0.3 is 15.2 Å². The number of hydrogen-bond acceptors (Lipinski definition) is 3. The van der Waals surface area contributed by atoms with Crippen LogP contribution in [0.2, 0.25) is 5.02 Å². The van der Waals surface area contributed by atoms with Gasteiger partial charge in [0.05, 0.1) is 0 Å². The van der Waals surface area contributed by atoms with Gasteiger partial charge in [-0.2, -0.15) is 0 Å². The summed E-state index contributed by atoms with van der Waals surface area (Å²) in [4.78, 5) is 24.0. The molecule has 1 rings (SSSR count). The van der Waals surface area contributed by atoms with Crippen LogP contribution in [0.4, 0.5) is 4.79 Å². The van der Waals surface area contributed by atoms with E-state index in [0.29, 0.717) is 11.4 Å². The lowest BCUT2D eigenvalue weighted by molar-refractivity contribution is -0.145. The largest absolute Gasteiger partial charge is 0.479 e. The fraction of sp³-hybridized carbons (Fsp3) is 0.444. The van der Waals surface area contributed by atoms with Crippen LogP contribution in [0.3, 0.4) is 0 Å². The minimum Gasteiger partial charge on any atom is -0.479 e. The molecule has 1 atom stereocenters. The maximum absolute atomic E-state index is 12.1. The Morgan fingerprint density at radius 2 is 2.04 bits per heavy atom. The summed E-state index contributed by atoms with van der Waals surface area (Å²) in [5.74, 6) is -1.15. The monoisotopic (exact) mass is 431 g/mol. The summed E-state index contributed by atoms with van der Waals surface area (Å²) in [6, 6.07) is 5.40. The van der Waals surface area contributed by atoms with Gasteiger partial charge in [-0.15, -0.1) is 6.58 Å². The molecule has 1 aromatic carbocycles. The molecule has 138 valence electrons. The third kappa shape index (κ3) is 6.71. The van der Waals surface area contributed by atoms with E-state index in [0.717, 1.165) is 10.0 Å². The van der Waals surface area contributed by atoms with Gasteiger partial charge in [-0.3, -0.25) is 0 Å². The Bertz CT molecular complexity index is 657. The van der Waals surface area contributed by atoms with Crippen molar-refractivity contribution in [2.45, 2.75) is 51.2 Å². The molecule has 5 nitrogen and oxygen atoms in total. The smallest absolute Gasteiger partial charge is 0.408 e. The number of aliphatic carboxylic acids is 1. The highest BCUT2D eigenvalue weighted by Gasteiger charge is 2.40. The second-order valence-electron chi connectivity index (χ2n) is 6.74. The van der Waals surface area contributed by atoms with Crippen LogP contribution in [0.5, 0.6) is 0 Å². The quantitative estimate of drug-likeness (QED) is 0.597. The maximum atomic E-state index is 12.1. The number of alkyl carbamates (subject to hydrolysis) is 1. The fourth-order valence-electron chi connectivity index (χ4n) is 2.28. The third-order valence-corrected chi connectivity index (χ3v) is 4.32. The normalized spacial score (nSPS) is 13.6. The second-order valence-corrected chi connectivity index (χ2v) is 8.07. The van der Waals surface area contributed by atoms with Gasteiger partial charge >= 0.3 is 12.1 Å². The summed E-state index contributed by atoms with van der Waals surface area (Å²) in [6.45, 7) is 8.74. The highest BCUT2D eigenvalue weighted by molar-refractivity contribution is 9.10. The van der Waals surface area contributed by atoms with E-state index in [9.17, 15) is 14.7 Å². The van der Waals surface area contributed by atoms with Crippen molar-refractivity contribution in [3.05, 3.63) is 45.9 Å². The molecule has 0 saturated carbocycles. The molecule has 1 amide bonds. The molecule has 25 heavy (non-hydrogen) atoms. The summed E-state index contributed by atoms with van der Waals surface area (Å²) >= 11 is 9.53. The molecule has 0 spiro atoms. The first-order chi connectivity index (χ1) is 11.5. The molecule has 0 radical (unpaired) electrons. The zero-order chi connectivity index (χ0) is 19.3. The van der Waals surface area contributed by atoms with Crippen LogP contribution in [-0.2, 0) is 16.0 Å². The van der Waals surface area contributed by atoms with Crippen LogP contribution in [0.25, 0.3) is 0 Å². The van der Waals surface area contributed by atoms with Gasteiger partial charge in [0.15, 0.2) is 0 Å². The van der Waals surface area contributed by atoms with Crippen LogP contribution >= 0.6 is 27.5 Å². The van der Waals surface area contributed by atoms with E-state index >= 15 is 0 Å². The predicted molar refractivity (Wildman–Crippen MR) is 102 cm³/mol. The summed E-state index contributed by atoms with van der Waals surface area (Å²) in [7, 11) is 0. The molecule has 0 unspecified atom stereocenters. The molecule has 1 aromatic rings. The van der Waals surface area contributed by atoms with Crippen molar-refractivity contribution in [3.8, 4) is 0 Å². The number of carbonyl (C=O) groups is 2. The number of amides is 1. The number of aryl methyl sites for hydroxylation is 1. The SMILES string of the molecule is C=CC[C@@](CCc1ccc(Br)cc1Cl)(NC(=O)OC(C)(C)C)C(=O)O. The van der Waals surface area contributed by atoms with Crippen molar-refractivity contribution in [1.29, 1.82) is 0 Å². The molecular formula is C18H23BrClNO4. The van der Waals surface area contributed by atoms with Gasteiger partial charge in [0, 0.05) is 9.50 Å². The van der Waals surface area contributed by atoms with Crippen LogP contribution in [0, 0.1) is 0 Å². The highest BCUT2D eigenvalue weighted by Crippen LogP contribution is 2.26. The van der Waals surface area contributed by atoms with Gasteiger partial charge in [-0.25, -0.2) is 9.59 Å². The Labute approximate surface area is 161 Å². The van der Waals surface area contributed by atoms with Crippen molar-refractivity contribution < 1.29 is 19.4 Å². The van der Waals surface area contributed by atoms with Crippen LogP contribution in [0.15, 0.2) is 35.3 Å². The van der Waals surface area contributed by atoms with Crippen molar-refractivity contribution in [2.24, 2.45) is 0 Å². The molecule has 2 N–H and O–H groups in total. The van der Waals surface area contributed by atoms with Crippen molar-refractivity contribution in [3.63, 3.8) is 0 Å². The van der Waals surface area contributed by atoms with E-state index in [1.54, 1.807) is 26.8 Å². The zero-order valence-electron chi connectivity index (χ0n) is 14.6. The Morgan fingerprint density at radius 3 is 2.52 bits per heavy atom. The van der Waals surface area contributed by atoms with E-state index in [2.05, 4.69) is 27.8 Å². The van der Waals surface area contributed by atoms with Gasteiger partial charge in [0.25, 0.3) is 0 Å². The van der Waals surface area contributed by atoms with Crippen molar-refractivity contribution in [2.75, 3.05) is 0 Å². The van der Waals surface area contributed by atoms with E-state index < -0.39 is 23.2 Å². The second kappa shape index (κ2) is 8.72. The standard InChI is InChI=1S/C18H23BrClNO4/c1-5-9-18(15(22)23,21-16(24)25-17(2,3)4)10-8-12-6-7-13(19)11-14(12)20/h5-7,11H,1,8-10H2,2-4H3,(H,21,24)(H,22,23)/t18-/m0/s1. The number of rotatable bonds is 7. The highest BCUT2D eigenvalue weighted by atomic mass is 79.9. The number of carbonyl (C=O) groups excluding carboxylic acids is 1. The summed E-state index contributed by atoms with van der Waals surface area (Å²) in [5, 5.41) is 12.8. The lowest BCUT2D eigenvalue weighted by Crippen LogP contribution is -2.55. The van der Waals surface area contributed by atoms with Crippen LogP contribution in [-0.4, -0.2) is 28.3 Å². The van der Waals surface area contributed by atoms with Crippen LogP contribution < -0.4 is 5.32 Å². The third-order valence-electron chi connectivity index (χ3n) is 3.48. The first-order valence-corrected chi connectivity index (χ1v) is 8.95. The number of carboxylic acids is 1. The number of carboxylic acid groups (broad SMARTS) is 1. The Morgan fingerprint density at radius 1 is 1.40 bits per heavy atom. The molecule has 0 aliphatic rings. The molecule has 0 saturated heterocycles. The summed E-state index contributed by atoms with van der Waals surface area (Å²) < 4.78 is 6.04. The van der Waals surface area contributed by atoms with E-state index in [1.165, 1.54) is 6.08 Å². The fourth-order valence-corrected chi connectivity index (χ4v) is 3.05. The number of halogens is 2. The average molecular weight is 433 g/mol. The molecule has 0 heterocycles. The Balaban J connectivity index is 3.00. The van der Waals surface area contributed by atoms with Gasteiger partial charge in [-0.1, -0.05) is 39.7 Å². The number of ether oxygens (including phenoxy) is 1. The molecule has 0 aromatic heterocycles. The summed E-state index contributed by atoms with van der Waals surface area (Å²) in [6.07, 6.45) is 1.28.